The van der Waals surface area contributed by atoms with Crippen molar-refractivity contribution in [2.45, 2.75) is 19.8 Å². The second-order valence-electron chi connectivity index (χ2n) is 4.67. The zero-order valence-electron chi connectivity index (χ0n) is 12.2. The summed E-state index contributed by atoms with van der Waals surface area (Å²) in [5, 5.41) is 9.41. The molecule has 2 N–H and O–H groups in total. The van der Waals surface area contributed by atoms with Crippen LogP contribution in [-0.2, 0) is 14.3 Å². The molecule has 6 heteroatoms. The second-order valence-corrected chi connectivity index (χ2v) is 5.58. The quantitative estimate of drug-likeness (QED) is 0.835. The first-order chi connectivity index (χ1) is 10.5. The van der Waals surface area contributed by atoms with Gasteiger partial charge >= 0.3 is 5.97 Å². The molecule has 1 heterocycles. The smallest absolute Gasteiger partial charge is 0.338 e. The topological polar surface area (TPSA) is 85.3 Å². The molecule has 0 saturated carbocycles. The van der Waals surface area contributed by atoms with Crippen LogP contribution in [0.15, 0.2) is 51.5 Å². The molecule has 22 heavy (non-hydrogen) atoms. The van der Waals surface area contributed by atoms with Crippen molar-refractivity contribution in [1.29, 1.82) is 5.26 Å². The fourth-order valence-corrected chi connectivity index (χ4v) is 2.61. The minimum atomic E-state index is -0.592. The van der Waals surface area contributed by atoms with Crippen molar-refractivity contribution in [2.75, 3.05) is 6.61 Å². The Morgan fingerprint density at radius 1 is 1.45 bits per heavy atom. The minimum Gasteiger partial charge on any atom is -0.463 e. The number of nitrogens with two attached hydrogens (primary N) is 1. The number of benzene rings is 1. The molecule has 1 atom stereocenters. The number of rotatable bonds is 3. The van der Waals surface area contributed by atoms with Crippen LogP contribution in [0.25, 0.3) is 0 Å². The van der Waals surface area contributed by atoms with Gasteiger partial charge in [0.05, 0.1) is 18.1 Å². The van der Waals surface area contributed by atoms with Gasteiger partial charge in [0.2, 0.25) is 5.88 Å². The molecule has 2 rings (SSSR count). The minimum absolute atomic E-state index is 0.0148. The van der Waals surface area contributed by atoms with E-state index in [1.54, 1.807) is 13.8 Å². The summed E-state index contributed by atoms with van der Waals surface area (Å²) in [7, 11) is 0. The number of allylic oxidation sites excluding steroid dienone is 2. The highest BCUT2D eigenvalue weighted by Gasteiger charge is 2.36. The van der Waals surface area contributed by atoms with Crippen LogP contribution in [0.5, 0.6) is 0 Å². The van der Waals surface area contributed by atoms with Gasteiger partial charge in [-0.2, -0.15) is 5.26 Å². The fraction of sp³-hybridized carbons (Fsp3) is 0.250. The Morgan fingerprint density at radius 2 is 2.09 bits per heavy atom. The van der Waals surface area contributed by atoms with Gasteiger partial charge in [0.15, 0.2) is 0 Å². The summed E-state index contributed by atoms with van der Waals surface area (Å²) in [6.07, 6.45) is 0. The molecule has 0 spiro atoms. The molecule has 0 bridgehead atoms. The molecule has 1 aromatic rings. The van der Waals surface area contributed by atoms with Gasteiger partial charge < -0.3 is 15.2 Å². The molecule has 0 amide bonds. The zero-order valence-corrected chi connectivity index (χ0v) is 13.8. The Bertz CT molecular complexity index is 699. The molecule has 1 aliphatic rings. The van der Waals surface area contributed by atoms with Crippen molar-refractivity contribution < 1.29 is 14.3 Å². The zero-order chi connectivity index (χ0) is 16.3. The predicted octanol–water partition coefficient (Wildman–Crippen LogP) is 3.09. The molecule has 114 valence electrons. The first-order valence-electron chi connectivity index (χ1n) is 6.70. The summed E-state index contributed by atoms with van der Waals surface area (Å²) >= 11 is 3.36. The molecule has 0 saturated heterocycles. The molecule has 1 aromatic carbocycles. The van der Waals surface area contributed by atoms with E-state index < -0.39 is 11.9 Å². The van der Waals surface area contributed by atoms with Crippen LogP contribution in [-0.4, -0.2) is 12.6 Å². The molecule has 0 aromatic heterocycles. The third-order valence-electron chi connectivity index (χ3n) is 3.30. The van der Waals surface area contributed by atoms with E-state index in [0.717, 1.165) is 10.0 Å². The average molecular weight is 363 g/mol. The monoisotopic (exact) mass is 362 g/mol. The van der Waals surface area contributed by atoms with Crippen LogP contribution in [0.3, 0.4) is 0 Å². The Hall–Kier alpha value is -2.26. The second kappa shape index (κ2) is 6.67. The highest BCUT2D eigenvalue weighted by atomic mass is 79.9. The number of nitriles is 1. The van der Waals surface area contributed by atoms with Gasteiger partial charge in [-0.05, 0) is 31.5 Å². The molecule has 0 fully saturated rings. The highest BCUT2D eigenvalue weighted by Crippen LogP contribution is 2.39. The summed E-state index contributed by atoms with van der Waals surface area (Å²) in [6.45, 7) is 3.60. The third-order valence-corrected chi connectivity index (χ3v) is 3.83. The van der Waals surface area contributed by atoms with Crippen molar-refractivity contribution in [1.82, 2.24) is 0 Å². The number of esters is 1. The van der Waals surface area contributed by atoms with Gasteiger partial charge in [-0.25, -0.2) is 4.79 Å². The van der Waals surface area contributed by atoms with E-state index in [9.17, 15) is 10.1 Å². The largest absolute Gasteiger partial charge is 0.463 e. The van der Waals surface area contributed by atoms with Crippen molar-refractivity contribution in [3.05, 3.63) is 57.1 Å². The number of hydrogen-bond acceptors (Lipinski definition) is 5. The van der Waals surface area contributed by atoms with Crippen molar-refractivity contribution >= 4 is 21.9 Å². The number of nitrogens with zero attached hydrogens (tertiary/aromatic N) is 1. The lowest BCUT2D eigenvalue weighted by molar-refractivity contribution is -0.139. The fourth-order valence-electron chi connectivity index (χ4n) is 2.34. The number of carbonyl (C=O) groups excluding carboxylic acids is 1. The third kappa shape index (κ3) is 3.00. The van der Waals surface area contributed by atoms with E-state index in [1.807, 2.05) is 30.3 Å². The number of ether oxygens (including phenoxy) is 2. The number of halogens is 1. The molecule has 0 unspecified atom stereocenters. The Kier molecular flexibility index (Phi) is 4.88. The lowest BCUT2D eigenvalue weighted by Crippen LogP contribution is -2.25. The van der Waals surface area contributed by atoms with Gasteiger partial charge in [-0.3, -0.25) is 0 Å². The summed E-state index contributed by atoms with van der Waals surface area (Å²) in [6, 6.07) is 9.38. The van der Waals surface area contributed by atoms with E-state index >= 15 is 0 Å². The first-order valence-corrected chi connectivity index (χ1v) is 7.49. The highest BCUT2D eigenvalue weighted by molar-refractivity contribution is 9.10. The van der Waals surface area contributed by atoms with E-state index in [-0.39, 0.29) is 18.1 Å². The summed E-state index contributed by atoms with van der Waals surface area (Å²) in [5.41, 5.74) is 7.09. The van der Waals surface area contributed by atoms with E-state index in [0.29, 0.717) is 11.3 Å². The van der Waals surface area contributed by atoms with Crippen LogP contribution in [0.4, 0.5) is 0 Å². The Balaban J connectivity index is 2.59. The van der Waals surface area contributed by atoms with E-state index in [1.165, 1.54) is 0 Å². The van der Waals surface area contributed by atoms with Gasteiger partial charge in [-0.1, -0.05) is 28.1 Å². The van der Waals surface area contributed by atoms with E-state index in [4.69, 9.17) is 15.2 Å². The molecular weight excluding hydrogens is 348 g/mol. The first kappa shape index (κ1) is 16.1. The normalized spacial score (nSPS) is 17.8. The summed E-state index contributed by atoms with van der Waals surface area (Å²) < 4.78 is 11.3. The van der Waals surface area contributed by atoms with Crippen LogP contribution in [0.2, 0.25) is 0 Å². The Morgan fingerprint density at radius 3 is 2.64 bits per heavy atom. The standard InChI is InChI=1S/C16H15BrN2O3/c1-3-21-16(20)13-9(2)22-15(19)12(8-18)14(13)10-4-6-11(17)7-5-10/h4-7,14H,3,19H2,1-2H3/t14-/m0/s1. The maximum Gasteiger partial charge on any atom is 0.338 e. The lowest BCUT2D eigenvalue weighted by atomic mass is 9.83. The van der Waals surface area contributed by atoms with Gasteiger partial charge in [0.1, 0.15) is 17.4 Å². The molecule has 5 nitrogen and oxygen atoms in total. The summed E-state index contributed by atoms with van der Waals surface area (Å²) in [4.78, 5) is 12.3. The maximum atomic E-state index is 12.3. The molecule has 0 aliphatic carbocycles. The van der Waals surface area contributed by atoms with Crippen LogP contribution in [0.1, 0.15) is 25.3 Å². The Labute approximate surface area is 137 Å². The lowest BCUT2D eigenvalue weighted by Gasteiger charge is -2.26. The van der Waals surface area contributed by atoms with Gasteiger partial charge in [-0.15, -0.1) is 0 Å². The van der Waals surface area contributed by atoms with Crippen molar-refractivity contribution in [3.8, 4) is 6.07 Å². The van der Waals surface area contributed by atoms with Crippen LogP contribution >= 0.6 is 15.9 Å². The SMILES string of the molecule is CCOC(=O)C1=C(C)OC(N)=C(C#N)[C@@H]1c1ccc(Br)cc1. The molecule has 1 aliphatic heterocycles. The average Bonchev–Trinajstić information content (AvgIpc) is 2.47. The molecule has 0 radical (unpaired) electrons. The van der Waals surface area contributed by atoms with Crippen molar-refractivity contribution in [2.24, 2.45) is 5.73 Å². The molecular formula is C16H15BrN2O3. The number of carbonyl (C=O) groups is 1. The number of hydrogen-bond donors (Lipinski definition) is 1. The van der Waals surface area contributed by atoms with Crippen molar-refractivity contribution in [3.63, 3.8) is 0 Å². The van der Waals surface area contributed by atoms with Gasteiger partial charge in [0, 0.05) is 4.47 Å². The summed E-state index contributed by atoms with van der Waals surface area (Å²) in [5.74, 6) is -0.733. The van der Waals surface area contributed by atoms with E-state index in [2.05, 4.69) is 15.9 Å². The van der Waals surface area contributed by atoms with Crippen LogP contribution in [0, 0.1) is 11.3 Å². The van der Waals surface area contributed by atoms with Crippen LogP contribution < -0.4 is 5.73 Å². The maximum absolute atomic E-state index is 12.3. The predicted molar refractivity (Wildman–Crippen MR) is 84.1 cm³/mol. The van der Waals surface area contributed by atoms with Gasteiger partial charge in [0.25, 0.3) is 0 Å².